The lowest BCUT2D eigenvalue weighted by molar-refractivity contribution is -0.131. The molecule has 0 bridgehead atoms. The van der Waals surface area contributed by atoms with E-state index in [1.54, 1.807) is 31.2 Å². The number of hydrogen-bond acceptors (Lipinski definition) is 6. The van der Waals surface area contributed by atoms with E-state index in [1.165, 1.54) is 51.1 Å². The largest absolute Gasteiger partial charge is 0.423 e. The molecule has 0 aliphatic rings. The Hall–Kier alpha value is -5.11. The van der Waals surface area contributed by atoms with Gasteiger partial charge in [-0.25, -0.2) is 23.2 Å². The van der Waals surface area contributed by atoms with Crippen LogP contribution in [0.2, 0.25) is 0 Å². The van der Waals surface area contributed by atoms with Crippen LogP contribution in [-0.4, -0.2) is 17.9 Å². The molecular formula is C34H30F2O6. The number of carbonyl (C=O) groups is 3. The van der Waals surface area contributed by atoms with Crippen molar-refractivity contribution in [1.29, 1.82) is 0 Å². The Labute approximate surface area is 243 Å². The van der Waals surface area contributed by atoms with E-state index in [1.807, 2.05) is 0 Å². The van der Waals surface area contributed by atoms with Crippen molar-refractivity contribution in [3.05, 3.63) is 109 Å². The van der Waals surface area contributed by atoms with Crippen LogP contribution in [0.3, 0.4) is 0 Å². The Kier molecular flexibility index (Phi) is 9.75. The van der Waals surface area contributed by atoms with Crippen LogP contribution in [0.4, 0.5) is 8.78 Å². The molecule has 0 radical (unpaired) electrons. The Balaban J connectivity index is 2.20. The Morgan fingerprint density at radius 3 is 1.64 bits per heavy atom. The number of rotatable bonds is 10. The van der Waals surface area contributed by atoms with E-state index >= 15 is 0 Å². The van der Waals surface area contributed by atoms with Gasteiger partial charge in [0, 0.05) is 39.5 Å². The Morgan fingerprint density at radius 1 is 0.619 bits per heavy atom. The molecule has 0 amide bonds. The Morgan fingerprint density at radius 2 is 1.12 bits per heavy atom. The smallest absolute Gasteiger partial charge is 0.338 e. The van der Waals surface area contributed by atoms with Crippen LogP contribution in [0.15, 0.2) is 97.6 Å². The molecule has 0 fully saturated rings. The number of alkyl halides is 2. The normalized spacial score (nSPS) is 10.5. The predicted octanol–water partition coefficient (Wildman–Crippen LogP) is 8.44. The van der Waals surface area contributed by atoms with Gasteiger partial charge in [-0.15, -0.1) is 0 Å². The fourth-order valence-corrected chi connectivity index (χ4v) is 3.71. The first-order valence-electron chi connectivity index (χ1n) is 12.7. The van der Waals surface area contributed by atoms with Gasteiger partial charge in [-0.05, 0) is 68.7 Å². The van der Waals surface area contributed by atoms with Crippen LogP contribution in [0, 0.1) is 0 Å². The molecule has 3 aromatic carbocycles. The van der Waals surface area contributed by atoms with Crippen molar-refractivity contribution < 1.29 is 37.4 Å². The van der Waals surface area contributed by atoms with Crippen LogP contribution in [0.25, 0.3) is 27.8 Å². The lowest BCUT2D eigenvalue weighted by Crippen LogP contribution is -2.11. The third-order valence-electron chi connectivity index (χ3n) is 5.98. The summed E-state index contributed by atoms with van der Waals surface area (Å²) in [4.78, 5) is 36.8. The highest BCUT2D eigenvalue weighted by Crippen LogP contribution is 2.42. The van der Waals surface area contributed by atoms with Gasteiger partial charge in [0.1, 0.15) is 17.2 Å². The zero-order chi connectivity index (χ0) is 31.3. The number of hydrogen-bond donors (Lipinski definition) is 0. The van der Waals surface area contributed by atoms with Crippen LogP contribution >= 0.6 is 0 Å². The van der Waals surface area contributed by atoms with Crippen LogP contribution in [-0.2, 0) is 14.4 Å². The van der Waals surface area contributed by atoms with Gasteiger partial charge in [0.15, 0.2) is 0 Å². The van der Waals surface area contributed by atoms with Crippen molar-refractivity contribution in [2.45, 2.75) is 34.1 Å². The first kappa shape index (κ1) is 31.4. The summed E-state index contributed by atoms with van der Waals surface area (Å²) in [5, 5.41) is 0. The molecule has 0 unspecified atom stereocenters. The molecule has 6 nitrogen and oxygen atoms in total. The number of esters is 3. The van der Waals surface area contributed by atoms with Gasteiger partial charge < -0.3 is 14.2 Å². The van der Waals surface area contributed by atoms with Gasteiger partial charge >= 0.3 is 17.9 Å². The quantitative estimate of drug-likeness (QED) is 0.138. The molecule has 8 heteroatoms. The van der Waals surface area contributed by atoms with Crippen LogP contribution < -0.4 is 14.2 Å². The number of allylic oxidation sites excluding steroid dienone is 1. The molecule has 216 valence electrons. The summed E-state index contributed by atoms with van der Waals surface area (Å²) >= 11 is 0. The molecule has 0 spiro atoms. The van der Waals surface area contributed by atoms with Crippen molar-refractivity contribution in [2.24, 2.45) is 0 Å². The summed E-state index contributed by atoms with van der Waals surface area (Å²) in [6.07, 6.45) is -2.94. The van der Waals surface area contributed by atoms with Crippen molar-refractivity contribution >= 4 is 23.5 Å². The average molecular weight is 573 g/mol. The predicted molar refractivity (Wildman–Crippen MR) is 158 cm³/mol. The first-order chi connectivity index (χ1) is 19.7. The third kappa shape index (κ3) is 7.34. The van der Waals surface area contributed by atoms with Gasteiger partial charge in [-0.3, -0.25) is 0 Å². The highest BCUT2D eigenvalue weighted by atomic mass is 19.3. The molecule has 3 rings (SSSR count). The average Bonchev–Trinajstić information content (AvgIpc) is 2.92. The second-order valence-corrected chi connectivity index (χ2v) is 9.76. The molecule has 0 aliphatic carbocycles. The van der Waals surface area contributed by atoms with E-state index in [2.05, 4.69) is 26.3 Å². The maximum Gasteiger partial charge on any atom is 0.338 e. The summed E-state index contributed by atoms with van der Waals surface area (Å²) < 4.78 is 45.3. The molecule has 0 atom stereocenters. The fourth-order valence-electron chi connectivity index (χ4n) is 3.71. The number of carbonyl (C=O) groups excluding carboxylic acids is 3. The standard InChI is InChI=1S/C34H30F2O6/c1-18(2)22-9-12-25(29(16-22)41-33(38)20(5)6)23-10-13-26(28(15-23)31(35)36)27-14-11-24(40-32(37)19(3)4)17-30(27)42-34(39)21(7)8/h9-17,31H,1,3,5,7H2,2,4,6,8H3. The van der Waals surface area contributed by atoms with E-state index in [9.17, 15) is 23.2 Å². The van der Waals surface area contributed by atoms with Gasteiger partial charge in [-0.2, -0.15) is 0 Å². The minimum atomic E-state index is -2.94. The zero-order valence-electron chi connectivity index (χ0n) is 23.8. The van der Waals surface area contributed by atoms with Crippen molar-refractivity contribution in [2.75, 3.05) is 0 Å². The van der Waals surface area contributed by atoms with E-state index in [0.29, 0.717) is 22.3 Å². The maximum absolute atomic E-state index is 14.5. The summed E-state index contributed by atoms with van der Waals surface area (Å²) in [6, 6.07) is 13.3. The van der Waals surface area contributed by atoms with Crippen molar-refractivity contribution in [3.63, 3.8) is 0 Å². The summed E-state index contributed by atoms with van der Waals surface area (Å²) in [5.41, 5.74) is 2.36. The first-order valence-corrected chi connectivity index (χ1v) is 12.7. The lowest BCUT2D eigenvalue weighted by Gasteiger charge is -2.17. The van der Waals surface area contributed by atoms with Gasteiger partial charge in [0.2, 0.25) is 0 Å². The topological polar surface area (TPSA) is 78.9 Å². The zero-order valence-corrected chi connectivity index (χ0v) is 23.8. The summed E-state index contributed by atoms with van der Waals surface area (Å²) in [6.45, 7) is 20.8. The molecule has 0 N–H and O–H groups in total. The summed E-state index contributed by atoms with van der Waals surface area (Å²) in [5.74, 6) is -2.12. The number of ether oxygens (including phenoxy) is 3. The molecule has 42 heavy (non-hydrogen) atoms. The molecule has 3 aromatic rings. The molecule has 0 saturated heterocycles. The molecule has 0 heterocycles. The molecule has 0 aliphatic heterocycles. The SMILES string of the molecule is C=C(C)C(=O)Oc1ccc(-c2ccc(-c3ccc(C(=C)C)cc3OC(=O)C(=C)C)cc2C(F)F)c(OC(=O)C(=C)C)c1. The maximum atomic E-state index is 14.5. The van der Waals surface area contributed by atoms with Crippen LogP contribution in [0.5, 0.6) is 17.2 Å². The van der Waals surface area contributed by atoms with Gasteiger partial charge in [-0.1, -0.05) is 56.2 Å². The van der Waals surface area contributed by atoms with E-state index < -0.39 is 24.3 Å². The Bertz CT molecular complexity index is 1650. The highest BCUT2D eigenvalue weighted by molar-refractivity contribution is 5.93. The number of benzene rings is 3. The van der Waals surface area contributed by atoms with E-state index in [4.69, 9.17) is 14.2 Å². The van der Waals surface area contributed by atoms with Crippen molar-refractivity contribution in [1.82, 2.24) is 0 Å². The third-order valence-corrected chi connectivity index (χ3v) is 5.98. The van der Waals surface area contributed by atoms with E-state index in [-0.39, 0.29) is 50.7 Å². The second kappa shape index (κ2) is 13.0. The fraction of sp³-hybridized carbons (Fsp3) is 0.147. The number of halogens is 2. The monoisotopic (exact) mass is 572 g/mol. The summed E-state index contributed by atoms with van der Waals surface area (Å²) in [7, 11) is 0. The second-order valence-electron chi connectivity index (χ2n) is 9.76. The highest BCUT2D eigenvalue weighted by Gasteiger charge is 2.22. The minimum Gasteiger partial charge on any atom is -0.423 e. The van der Waals surface area contributed by atoms with Crippen molar-refractivity contribution in [3.8, 4) is 39.5 Å². The molecule has 0 saturated carbocycles. The lowest BCUT2D eigenvalue weighted by atomic mass is 9.93. The minimum absolute atomic E-state index is 0.0213. The van der Waals surface area contributed by atoms with Gasteiger partial charge in [0.05, 0.1) is 0 Å². The van der Waals surface area contributed by atoms with Gasteiger partial charge in [0.25, 0.3) is 6.43 Å². The van der Waals surface area contributed by atoms with E-state index in [0.717, 1.165) is 0 Å². The van der Waals surface area contributed by atoms with Crippen LogP contribution in [0.1, 0.15) is 45.2 Å². The molecular weight excluding hydrogens is 542 g/mol. The molecule has 0 aromatic heterocycles.